The molecule has 0 aliphatic carbocycles. The van der Waals surface area contributed by atoms with Gasteiger partial charge in [0.05, 0.1) is 23.1 Å². The minimum Gasteiger partial charge on any atom is -0.370 e. The molecule has 0 amide bonds. The van der Waals surface area contributed by atoms with E-state index in [1.54, 1.807) is 36.5 Å². The number of nitrogens with zero attached hydrogens (tertiary/aromatic N) is 4. The second kappa shape index (κ2) is 5.73. The molecule has 2 atom stereocenters. The fraction of sp³-hybridized carbons (Fsp3) is 0.571. The molecule has 2 aromatic heterocycles. The van der Waals surface area contributed by atoms with Crippen LogP contribution in [0, 0.1) is 13.8 Å². The monoisotopic (exact) mass is 339 g/mol. The summed E-state index contributed by atoms with van der Waals surface area (Å²) in [7, 11) is -0.112. The maximum Gasteiger partial charge on any atom is 0.244 e. The Morgan fingerprint density at radius 3 is 2.61 bits per heavy atom. The molecule has 0 radical (unpaired) electrons. The van der Waals surface area contributed by atoms with Gasteiger partial charge in [-0.2, -0.15) is 10.2 Å². The SMILES string of the molecule is Cc1nn(C)c(C)c1S(=O)(=O)N[C@H]1CCO[C@@H]1c1ccnn1C. The average molecular weight is 339 g/mol. The van der Waals surface area contributed by atoms with Crippen molar-refractivity contribution in [2.45, 2.75) is 37.3 Å². The van der Waals surface area contributed by atoms with Crippen LogP contribution in [0.3, 0.4) is 0 Å². The standard InChI is InChI=1S/C14H21N5O3S/c1-9-14(10(2)18(3)16-9)23(20,21)17-11-6-8-22-13(11)12-5-7-15-19(12)4/h5,7,11,13,17H,6,8H2,1-4H3/t11-,13-/m0/s1. The Balaban J connectivity index is 1.90. The van der Waals surface area contributed by atoms with E-state index in [0.29, 0.717) is 24.4 Å². The molecule has 3 heterocycles. The number of ether oxygens (including phenoxy) is 1. The minimum absolute atomic E-state index is 0.246. The number of aryl methyl sites for hydroxylation is 3. The lowest BCUT2D eigenvalue weighted by Crippen LogP contribution is -2.37. The Morgan fingerprint density at radius 2 is 2.04 bits per heavy atom. The summed E-state index contributed by atoms with van der Waals surface area (Å²) in [6.07, 6.45) is 1.96. The largest absolute Gasteiger partial charge is 0.370 e. The highest BCUT2D eigenvalue weighted by molar-refractivity contribution is 7.89. The zero-order valence-corrected chi connectivity index (χ0v) is 14.5. The van der Waals surface area contributed by atoms with E-state index in [0.717, 1.165) is 5.69 Å². The van der Waals surface area contributed by atoms with Crippen LogP contribution in [0.25, 0.3) is 0 Å². The lowest BCUT2D eigenvalue weighted by molar-refractivity contribution is 0.0959. The molecule has 1 N–H and O–H groups in total. The van der Waals surface area contributed by atoms with Crippen LogP contribution in [-0.4, -0.2) is 40.6 Å². The van der Waals surface area contributed by atoms with Gasteiger partial charge in [-0.05, 0) is 26.3 Å². The van der Waals surface area contributed by atoms with Crippen LogP contribution < -0.4 is 4.72 Å². The van der Waals surface area contributed by atoms with Crippen LogP contribution >= 0.6 is 0 Å². The summed E-state index contributed by atoms with van der Waals surface area (Å²) in [5.74, 6) is 0. The van der Waals surface area contributed by atoms with Crippen LogP contribution in [0.2, 0.25) is 0 Å². The molecule has 1 saturated heterocycles. The highest BCUT2D eigenvalue weighted by Crippen LogP contribution is 2.30. The van der Waals surface area contributed by atoms with E-state index < -0.39 is 10.0 Å². The normalized spacial score (nSPS) is 21.9. The molecule has 1 fully saturated rings. The summed E-state index contributed by atoms with van der Waals surface area (Å²) < 4.78 is 37.4. The first kappa shape index (κ1) is 16.2. The molecular formula is C14H21N5O3S. The number of sulfonamides is 1. The molecule has 0 spiro atoms. The molecule has 23 heavy (non-hydrogen) atoms. The van der Waals surface area contributed by atoms with E-state index >= 15 is 0 Å². The maximum atomic E-state index is 12.8. The first-order chi connectivity index (χ1) is 10.8. The van der Waals surface area contributed by atoms with Gasteiger partial charge in [0.25, 0.3) is 0 Å². The third-order valence-corrected chi connectivity index (χ3v) is 6.00. The molecule has 0 unspecified atom stereocenters. The molecule has 1 aliphatic heterocycles. The number of nitrogens with one attached hydrogen (secondary N) is 1. The van der Waals surface area contributed by atoms with Gasteiger partial charge in [-0.1, -0.05) is 0 Å². The average Bonchev–Trinajstić information content (AvgIpc) is 3.11. The highest BCUT2D eigenvalue weighted by atomic mass is 32.2. The topological polar surface area (TPSA) is 91.0 Å². The Hall–Kier alpha value is -1.71. The predicted octanol–water partition coefficient (Wildman–Crippen LogP) is 0.579. The second-order valence-electron chi connectivity index (χ2n) is 5.81. The molecule has 9 heteroatoms. The van der Waals surface area contributed by atoms with E-state index in [2.05, 4.69) is 14.9 Å². The summed E-state index contributed by atoms with van der Waals surface area (Å²) in [4.78, 5) is 0.246. The van der Waals surface area contributed by atoms with Gasteiger partial charge >= 0.3 is 0 Å². The van der Waals surface area contributed by atoms with Crippen molar-refractivity contribution in [2.75, 3.05) is 6.61 Å². The Kier molecular flexibility index (Phi) is 4.03. The summed E-state index contributed by atoms with van der Waals surface area (Å²) in [5, 5.41) is 8.31. The predicted molar refractivity (Wildman–Crippen MR) is 83.3 cm³/mol. The van der Waals surface area contributed by atoms with E-state index in [1.165, 1.54) is 0 Å². The molecule has 0 bridgehead atoms. The van der Waals surface area contributed by atoms with Crippen molar-refractivity contribution in [1.82, 2.24) is 24.3 Å². The van der Waals surface area contributed by atoms with Crippen molar-refractivity contribution in [3.8, 4) is 0 Å². The number of hydrogen-bond donors (Lipinski definition) is 1. The molecular weight excluding hydrogens is 318 g/mol. The zero-order chi connectivity index (χ0) is 16.8. The number of aromatic nitrogens is 4. The summed E-state index contributed by atoms with van der Waals surface area (Å²) >= 11 is 0. The van der Waals surface area contributed by atoms with Crippen molar-refractivity contribution in [1.29, 1.82) is 0 Å². The van der Waals surface area contributed by atoms with E-state index in [4.69, 9.17) is 4.74 Å². The second-order valence-corrected chi connectivity index (χ2v) is 7.46. The summed E-state index contributed by atoms with van der Waals surface area (Å²) in [6, 6.07) is 1.52. The summed E-state index contributed by atoms with van der Waals surface area (Å²) in [6.45, 7) is 3.96. The molecule has 0 aromatic carbocycles. The van der Waals surface area contributed by atoms with Gasteiger partial charge in [0.15, 0.2) is 0 Å². The molecule has 3 rings (SSSR count). The quantitative estimate of drug-likeness (QED) is 0.880. The van der Waals surface area contributed by atoms with Gasteiger partial charge in [-0.25, -0.2) is 13.1 Å². The van der Waals surface area contributed by atoms with Crippen LogP contribution in [0.4, 0.5) is 0 Å². The Bertz CT molecular complexity index is 824. The van der Waals surface area contributed by atoms with E-state index in [9.17, 15) is 8.42 Å². The fourth-order valence-electron chi connectivity index (χ4n) is 3.07. The van der Waals surface area contributed by atoms with Gasteiger partial charge in [-0.3, -0.25) is 9.36 Å². The Labute approximate surface area is 135 Å². The van der Waals surface area contributed by atoms with Crippen LogP contribution in [0.15, 0.2) is 17.2 Å². The maximum absolute atomic E-state index is 12.8. The van der Waals surface area contributed by atoms with Gasteiger partial charge in [-0.15, -0.1) is 0 Å². The highest BCUT2D eigenvalue weighted by Gasteiger charge is 2.36. The van der Waals surface area contributed by atoms with Crippen LogP contribution in [0.1, 0.15) is 29.6 Å². The van der Waals surface area contributed by atoms with Crippen molar-refractivity contribution in [3.05, 3.63) is 29.3 Å². The lowest BCUT2D eigenvalue weighted by Gasteiger charge is -2.20. The minimum atomic E-state index is -3.66. The third-order valence-electron chi connectivity index (χ3n) is 4.26. The number of hydrogen-bond acceptors (Lipinski definition) is 5. The van der Waals surface area contributed by atoms with Crippen molar-refractivity contribution < 1.29 is 13.2 Å². The van der Waals surface area contributed by atoms with Gasteiger partial charge in [0.1, 0.15) is 11.0 Å². The number of rotatable bonds is 4. The van der Waals surface area contributed by atoms with Gasteiger partial charge in [0.2, 0.25) is 10.0 Å². The first-order valence-corrected chi connectivity index (χ1v) is 8.91. The third kappa shape index (κ3) is 2.79. The lowest BCUT2D eigenvalue weighted by atomic mass is 10.1. The van der Waals surface area contributed by atoms with Gasteiger partial charge < -0.3 is 4.74 Å². The summed E-state index contributed by atoms with van der Waals surface area (Å²) in [5.41, 5.74) is 1.97. The molecule has 8 nitrogen and oxygen atoms in total. The fourth-order valence-corrected chi connectivity index (χ4v) is 4.77. The molecule has 0 saturated carbocycles. The Morgan fingerprint density at radius 1 is 1.30 bits per heavy atom. The smallest absolute Gasteiger partial charge is 0.244 e. The molecule has 1 aliphatic rings. The van der Waals surface area contributed by atoms with Crippen LogP contribution in [0.5, 0.6) is 0 Å². The van der Waals surface area contributed by atoms with E-state index in [1.807, 2.05) is 13.1 Å². The molecule has 126 valence electrons. The molecule has 2 aromatic rings. The first-order valence-electron chi connectivity index (χ1n) is 7.43. The van der Waals surface area contributed by atoms with Crippen LogP contribution in [-0.2, 0) is 28.9 Å². The van der Waals surface area contributed by atoms with E-state index in [-0.39, 0.29) is 17.0 Å². The van der Waals surface area contributed by atoms with Gasteiger partial charge in [0, 0.05) is 26.9 Å². The van der Waals surface area contributed by atoms with Crippen molar-refractivity contribution in [2.24, 2.45) is 14.1 Å². The van der Waals surface area contributed by atoms with Crippen molar-refractivity contribution in [3.63, 3.8) is 0 Å². The van der Waals surface area contributed by atoms with Crippen molar-refractivity contribution >= 4 is 10.0 Å². The zero-order valence-electron chi connectivity index (χ0n) is 13.6.